The van der Waals surface area contributed by atoms with E-state index in [1.165, 1.54) is 24.3 Å². The molecule has 18 heteroatoms. The summed E-state index contributed by atoms with van der Waals surface area (Å²) in [6, 6.07) is 12.1. The molecule has 46 heavy (non-hydrogen) atoms. The summed E-state index contributed by atoms with van der Waals surface area (Å²) in [7, 11) is -7.21. The smallest absolute Gasteiger partial charge is 0.460 e. The second-order valence-electron chi connectivity index (χ2n) is 10.1. The van der Waals surface area contributed by atoms with Crippen molar-refractivity contribution in [1.29, 1.82) is 0 Å². The highest BCUT2D eigenvalue weighted by Crippen LogP contribution is 2.49. The SMILES string of the molecule is CCCCC(CC)COc1c2ccccc2c(OCC(F)(F)OC(F)(F)C(F)(F)OC(F)(F)C(F)(F)S(=O)(=O)O)c2ccccc12. The largest absolute Gasteiger partial charge is 0.492 e. The summed E-state index contributed by atoms with van der Waals surface area (Å²) in [5.41, 5.74) is 0. The number of hydrogen-bond donors (Lipinski definition) is 1. The van der Waals surface area contributed by atoms with Gasteiger partial charge in [-0.1, -0.05) is 81.6 Å². The van der Waals surface area contributed by atoms with E-state index in [2.05, 4.69) is 4.74 Å². The molecule has 0 aliphatic heterocycles. The van der Waals surface area contributed by atoms with Crippen LogP contribution in [-0.2, 0) is 19.6 Å². The molecule has 0 heterocycles. The summed E-state index contributed by atoms with van der Waals surface area (Å²) >= 11 is 0. The molecule has 0 saturated carbocycles. The fourth-order valence-corrected chi connectivity index (χ4v) is 4.66. The lowest BCUT2D eigenvalue weighted by Crippen LogP contribution is -2.57. The molecule has 0 fully saturated rings. The minimum Gasteiger partial charge on any atom is -0.492 e. The van der Waals surface area contributed by atoms with E-state index < -0.39 is 46.4 Å². The molecule has 0 aliphatic rings. The molecule has 0 saturated heterocycles. The molecule has 0 amide bonds. The number of benzene rings is 3. The first-order valence-electron chi connectivity index (χ1n) is 13.6. The second-order valence-corrected chi connectivity index (χ2v) is 11.6. The molecule has 3 aromatic rings. The molecule has 3 aromatic carbocycles. The van der Waals surface area contributed by atoms with Gasteiger partial charge in [-0.2, -0.15) is 52.3 Å². The van der Waals surface area contributed by atoms with E-state index in [4.69, 9.17) is 14.0 Å². The maximum Gasteiger partial charge on any atom is 0.460 e. The first kappa shape index (κ1) is 37.4. The van der Waals surface area contributed by atoms with E-state index >= 15 is 0 Å². The number of fused-ring (bicyclic) bond motifs is 2. The van der Waals surface area contributed by atoms with Crippen molar-refractivity contribution in [2.45, 2.75) is 69.2 Å². The van der Waals surface area contributed by atoms with E-state index in [0.717, 1.165) is 25.7 Å². The van der Waals surface area contributed by atoms with E-state index in [-0.39, 0.29) is 22.4 Å². The number of hydrogen-bond acceptors (Lipinski definition) is 6. The summed E-state index contributed by atoms with van der Waals surface area (Å²) in [5.74, 6) is 0.181. The van der Waals surface area contributed by atoms with Gasteiger partial charge in [0.05, 0.1) is 6.61 Å². The maximum atomic E-state index is 14.5. The average Bonchev–Trinajstić information content (AvgIpc) is 2.94. The molecule has 1 atom stereocenters. The highest BCUT2D eigenvalue weighted by atomic mass is 32.2. The molecule has 0 spiro atoms. The van der Waals surface area contributed by atoms with Crippen LogP contribution in [0.2, 0.25) is 0 Å². The van der Waals surface area contributed by atoms with Crippen LogP contribution in [0.5, 0.6) is 11.5 Å². The van der Waals surface area contributed by atoms with Gasteiger partial charge < -0.3 is 9.47 Å². The molecule has 258 valence electrons. The number of rotatable bonds is 17. The lowest BCUT2D eigenvalue weighted by Gasteiger charge is -2.32. The summed E-state index contributed by atoms with van der Waals surface area (Å²) in [5, 5.41) is -5.95. The van der Waals surface area contributed by atoms with Gasteiger partial charge in [-0.3, -0.25) is 4.55 Å². The summed E-state index contributed by atoms with van der Waals surface area (Å²) < 4.78 is 183. The third-order valence-corrected chi connectivity index (χ3v) is 7.64. The Bertz CT molecular complexity index is 1560. The van der Waals surface area contributed by atoms with Gasteiger partial charge in [0.2, 0.25) is 0 Å². The summed E-state index contributed by atoms with van der Waals surface area (Å²) in [4.78, 5) is 0. The molecular formula is C28H28F10O7S. The Hall–Kier alpha value is -3.09. The van der Waals surface area contributed by atoms with Crippen molar-refractivity contribution < 1.29 is 75.8 Å². The van der Waals surface area contributed by atoms with Crippen LogP contribution in [0.1, 0.15) is 39.5 Å². The maximum absolute atomic E-state index is 14.5. The van der Waals surface area contributed by atoms with Gasteiger partial charge in [-0.15, -0.1) is 0 Å². The summed E-state index contributed by atoms with van der Waals surface area (Å²) in [6.45, 7) is 2.09. The van der Waals surface area contributed by atoms with Crippen molar-refractivity contribution in [3.05, 3.63) is 48.5 Å². The second kappa shape index (κ2) is 13.6. The highest BCUT2D eigenvalue weighted by molar-refractivity contribution is 7.86. The lowest BCUT2D eigenvalue weighted by atomic mass is 9.99. The molecule has 0 radical (unpaired) electrons. The topological polar surface area (TPSA) is 91.3 Å². The Morgan fingerprint density at radius 3 is 1.54 bits per heavy atom. The van der Waals surface area contributed by atoms with Crippen LogP contribution in [0.3, 0.4) is 0 Å². The van der Waals surface area contributed by atoms with Gasteiger partial charge >= 0.3 is 39.8 Å². The van der Waals surface area contributed by atoms with Crippen molar-refractivity contribution >= 4 is 31.7 Å². The zero-order chi connectivity index (χ0) is 34.8. The minimum atomic E-state index is -7.21. The van der Waals surface area contributed by atoms with Crippen LogP contribution >= 0.6 is 0 Å². The number of unbranched alkanes of at least 4 members (excludes halogenated alkanes) is 1. The average molecular weight is 699 g/mol. The third-order valence-electron chi connectivity index (χ3n) is 6.76. The monoisotopic (exact) mass is 698 g/mol. The normalized spacial score (nSPS) is 14.5. The Labute approximate surface area is 256 Å². The Kier molecular flexibility index (Phi) is 11.0. The van der Waals surface area contributed by atoms with Crippen LogP contribution in [0, 0.1) is 5.92 Å². The number of alkyl halides is 10. The number of halogens is 10. The van der Waals surface area contributed by atoms with Crippen LogP contribution in [0.4, 0.5) is 43.9 Å². The first-order valence-corrected chi connectivity index (χ1v) is 15.0. The zero-order valence-corrected chi connectivity index (χ0v) is 24.8. The quantitative estimate of drug-likeness (QED) is 0.0856. The van der Waals surface area contributed by atoms with Crippen LogP contribution < -0.4 is 9.47 Å². The van der Waals surface area contributed by atoms with Crippen molar-refractivity contribution in [2.75, 3.05) is 13.2 Å². The van der Waals surface area contributed by atoms with Crippen LogP contribution in [-0.4, -0.2) is 55.9 Å². The van der Waals surface area contributed by atoms with E-state index in [1.807, 2.05) is 18.6 Å². The van der Waals surface area contributed by atoms with E-state index in [9.17, 15) is 52.3 Å². The number of ether oxygens (including phenoxy) is 4. The zero-order valence-electron chi connectivity index (χ0n) is 24.0. The Balaban J connectivity index is 1.91. The Morgan fingerprint density at radius 2 is 1.13 bits per heavy atom. The van der Waals surface area contributed by atoms with Crippen molar-refractivity contribution in [2.24, 2.45) is 5.92 Å². The molecule has 0 bridgehead atoms. The van der Waals surface area contributed by atoms with Crippen LogP contribution in [0.25, 0.3) is 21.5 Å². The van der Waals surface area contributed by atoms with Gasteiger partial charge in [0, 0.05) is 21.5 Å². The van der Waals surface area contributed by atoms with Crippen molar-refractivity contribution in [1.82, 2.24) is 0 Å². The van der Waals surface area contributed by atoms with Gasteiger partial charge in [0.1, 0.15) is 11.5 Å². The van der Waals surface area contributed by atoms with Crippen LogP contribution in [0.15, 0.2) is 48.5 Å². The summed E-state index contributed by atoms with van der Waals surface area (Å²) in [6.07, 6.45) is -22.6. The van der Waals surface area contributed by atoms with Gasteiger partial charge in [0.25, 0.3) is 0 Å². The molecule has 0 aromatic heterocycles. The van der Waals surface area contributed by atoms with Gasteiger partial charge in [-0.05, 0) is 12.3 Å². The lowest BCUT2D eigenvalue weighted by molar-refractivity contribution is -0.523. The first-order chi connectivity index (χ1) is 21.1. The molecule has 3 rings (SSSR count). The predicted molar refractivity (Wildman–Crippen MR) is 144 cm³/mol. The van der Waals surface area contributed by atoms with Crippen molar-refractivity contribution in [3.8, 4) is 11.5 Å². The molecular weight excluding hydrogens is 670 g/mol. The van der Waals surface area contributed by atoms with E-state index in [0.29, 0.717) is 23.1 Å². The molecule has 1 N–H and O–H groups in total. The van der Waals surface area contributed by atoms with E-state index in [1.54, 1.807) is 24.3 Å². The molecule has 1 unspecified atom stereocenters. The fraction of sp³-hybridized carbons (Fsp3) is 0.500. The minimum absolute atomic E-state index is 0.126. The predicted octanol–water partition coefficient (Wildman–Crippen LogP) is 8.85. The standard InChI is InChI=1S/C28H28F10O7S/c1-3-5-10-17(4-2)15-42-22-18-11-6-8-13-20(18)23(21-14-9-7-12-19(21)22)43-16-24(29,30)44-25(31,32)26(33,34)45-27(35,36)28(37,38)46(39,40)41/h6-9,11-14,17H,3-5,10,15-16H2,1-2H3,(H,39,40,41). The van der Waals surface area contributed by atoms with Crippen molar-refractivity contribution in [3.63, 3.8) is 0 Å². The van der Waals surface area contributed by atoms with Gasteiger partial charge in [-0.25, -0.2) is 9.47 Å². The fourth-order valence-electron chi connectivity index (χ4n) is 4.32. The third kappa shape index (κ3) is 7.88. The van der Waals surface area contributed by atoms with Gasteiger partial charge in [0.15, 0.2) is 6.61 Å². The molecule has 0 aliphatic carbocycles. The molecule has 7 nitrogen and oxygen atoms in total. The highest BCUT2D eigenvalue weighted by Gasteiger charge is 2.75. The Morgan fingerprint density at radius 1 is 0.696 bits per heavy atom.